The molecule has 10 heteroatoms. The lowest BCUT2D eigenvalue weighted by Gasteiger charge is -2.10. The quantitative estimate of drug-likeness (QED) is 0.501. The zero-order valence-corrected chi connectivity index (χ0v) is 14.9. The van der Waals surface area contributed by atoms with Gasteiger partial charge in [-0.1, -0.05) is 0 Å². The molecule has 6 nitrogen and oxygen atoms in total. The lowest BCUT2D eigenvalue weighted by atomic mass is 10.2. The zero-order valence-electron chi connectivity index (χ0n) is 14.9. The number of hydrogen-bond donors (Lipinski definition) is 1. The summed E-state index contributed by atoms with van der Waals surface area (Å²) in [5, 5.41) is 2.89. The largest absolute Gasteiger partial charge is 0.495 e. The van der Waals surface area contributed by atoms with Gasteiger partial charge in [0.1, 0.15) is 34.4 Å². The minimum Gasteiger partial charge on any atom is -0.495 e. The molecule has 0 fully saturated rings. The van der Waals surface area contributed by atoms with Crippen molar-refractivity contribution in [3.8, 4) is 17.1 Å². The molecule has 4 aromatic rings. The SMILES string of the molecule is COc1ccc2nc(C(F)(F)F)c(-c3cncc(Nc4ccc(F)cc4)n3)n2c1. The molecule has 0 radical (unpaired) electrons. The van der Waals surface area contributed by atoms with E-state index in [0.717, 1.165) is 0 Å². The number of halogens is 4. The molecule has 0 aliphatic carbocycles. The van der Waals surface area contributed by atoms with Crippen LogP contribution in [0, 0.1) is 5.82 Å². The highest BCUT2D eigenvalue weighted by molar-refractivity contribution is 5.67. The zero-order chi connectivity index (χ0) is 20.6. The first-order valence-corrected chi connectivity index (χ1v) is 8.33. The van der Waals surface area contributed by atoms with Gasteiger partial charge in [-0.05, 0) is 36.4 Å². The Morgan fingerprint density at radius 1 is 1.00 bits per heavy atom. The summed E-state index contributed by atoms with van der Waals surface area (Å²) in [6.07, 6.45) is -0.733. The smallest absolute Gasteiger partial charge is 0.435 e. The molecule has 148 valence electrons. The van der Waals surface area contributed by atoms with Crippen LogP contribution < -0.4 is 10.1 Å². The number of hydrogen-bond acceptors (Lipinski definition) is 5. The number of benzene rings is 1. The molecule has 29 heavy (non-hydrogen) atoms. The summed E-state index contributed by atoms with van der Waals surface area (Å²) >= 11 is 0. The summed E-state index contributed by atoms with van der Waals surface area (Å²) < 4.78 is 60.3. The fourth-order valence-corrected chi connectivity index (χ4v) is 2.81. The number of ether oxygens (including phenoxy) is 1. The number of anilines is 2. The number of fused-ring (bicyclic) bond motifs is 1. The molecule has 0 aliphatic heterocycles. The van der Waals surface area contributed by atoms with Crippen molar-refractivity contribution in [2.45, 2.75) is 6.18 Å². The molecule has 1 N–H and O–H groups in total. The monoisotopic (exact) mass is 403 g/mol. The van der Waals surface area contributed by atoms with Gasteiger partial charge >= 0.3 is 6.18 Å². The van der Waals surface area contributed by atoms with Crippen LogP contribution in [-0.2, 0) is 6.18 Å². The van der Waals surface area contributed by atoms with Crippen LogP contribution in [0.25, 0.3) is 17.0 Å². The van der Waals surface area contributed by atoms with Gasteiger partial charge in [0.2, 0.25) is 0 Å². The van der Waals surface area contributed by atoms with Crippen LogP contribution in [0.3, 0.4) is 0 Å². The van der Waals surface area contributed by atoms with Crippen molar-refractivity contribution in [2.24, 2.45) is 0 Å². The third-order valence-corrected chi connectivity index (χ3v) is 4.09. The summed E-state index contributed by atoms with van der Waals surface area (Å²) in [7, 11) is 1.41. The Morgan fingerprint density at radius 3 is 2.45 bits per heavy atom. The van der Waals surface area contributed by atoms with Crippen molar-refractivity contribution < 1.29 is 22.3 Å². The molecule has 4 rings (SSSR count). The molecular weight excluding hydrogens is 390 g/mol. The van der Waals surface area contributed by atoms with E-state index in [1.54, 1.807) is 0 Å². The normalized spacial score (nSPS) is 11.6. The maximum absolute atomic E-state index is 13.6. The number of nitrogens with zero attached hydrogens (tertiary/aromatic N) is 4. The standard InChI is InChI=1S/C19H13F4N5O/c1-29-13-6-7-16-27-18(19(21,22)23)17(28(16)10-13)14-8-24-9-15(26-14)25-12-4-2-11(20)3-5-12/h2-10H,1H3,(H,25,26). The van der Waals surface area contributed by atoms with E-state index in [9.17, 15) is 17.6 Å². The molecule has 0 saturated carbocycles. The van der Waals surface area contributed by atoms with Gasteiger partial charge < -0.3 is 10.1 Å². The Labute approximate surface area is 161 Å². The second-order valence-electron chi connectivity index (χ2n) is 6.03. The predicted octanol–water partition coefficient (Wildman–Crippen LogP) is 4.70. The molecule has 0 unspecified atom stereocenters. The van der Waals surface area contributed by atoms with E-state index in [4.69, 9.17) is 4.74 Å². The van der Waals surface area contributed by atoms with E-state index in [1.165, 1.54) is 66.5 Å². The Bertz CT molecular complexity index is 1170. The topological polar surface area (TPSA) is 64.3 Å². The molecule has 0 amide bonds. The van der Waals surface area contributed by atoms with Crippen LogP contribution in [0.2, 0.25) is 0 Å². The lowest BCUT2D eigenvalue weighted by Crippen LogP contribution is -2.09. The van der Waals surface area contributed by atoms with Gasteiger partial charge in [-0.15, -0.1) is 0 Å². The van der Waals surface area contributed by atoms with E-state index >= 15 is 0 Å². The number of nitrogens with one attached hydrogen (secondary N) is 1. The van der Waals surface area contributed by atoms with Crippen LogP contribution >= 0.6 is 0 Å². The van der Waals surface area contributed by atoms with E-state index in [-0.39, 0.29) is 22.9 Å². The number of pyridine rings is 1. The minimum absolute atomic E-state index is 0.0369. The summed E-state index contributed by atoms with van der Waals surface area (Å²) in [4.78, 5) is 11.9. The number of methoxy groups -OCH3 is 1. The maximum Gasteiger partial charge on any atom is 0.435 e. The third-order valence-electron chi connectivity index (χ3n) is 4.09. The third kappa shape index (κ3) is 3.68. The molecule has 0 spiro atoms. The van der Waals surface area contributed by atoms with Crippen LogP contribution in [-0.4, -0.2) is 26.5 Å². The second kappa shape index (κ2) is 7.04. The average Bonchev–Trinajstić information content (AvgIpc) is 3.09. The van der Waals surface area contributed by atoms with Crippen molar-refractivity contribution in [3.05, 3.63) is 66.5 Å². The average molecular weight is 403 g/mol. The van der Waals surface area contributed by atoms with Crippen molar-refractivity contribution >= 4 is 17.2 Å². The second-order valence-corrected chi connectivity index (χ2v) is 6.03. The number of aromatic nitrogens is 4. The molecule has 0 saturated heterocycles. The van der Waals surface area contributed by atoms with Gasteiger partial charge in [0.25, 0.3) is 0 Å². The van der Waals surface area contributed by atoms with E-state index in [1.807, 2.05) is 0 Å². The number of imidazole rings is 1. The van der Waals surface area contributed by atoms with E-state index < -0.39 is 17.7 Å². The predicted molar refractivity (Wildman–Crippen MR) is 97.5 cm³/mol. The van der Waals surface area contributed by atoms with Crippen molar-refractivity contribution in [1.29, 1.82) is 0 Å². The first kappa shape index (κ1) is 18.7. The Hall–Kier alpha value is -3.69. The first-order valence-electron chi connectivity index (χ1n) is 8.33. The van der Waals surface area contributed by atoms with Gasteiger partial charge in [0.05, 0.1) is 25.7 Å². The Balaban J connectivity index is 1.84. The summed E-state index contributed by atoms with van der Waals surface area (Å²) in [5.41, 5.74) is -0.786. The minimum atomic E-state index is -4.70. The van der Waals surface area contributed by atoms with Gasteiger partial charge in [-0.3, -0.25) is 9.38 Å². The molecule has 1 aromatic carbocycles. The Morgan fingerprint density at radius 2 is 1.76 bits per heavy atom. The van der Waals surface area contributed by atoms with Crippen molar-refractivity contribution in [2.75, 3.05) is 12.4 Å². The van der Waals surface area contributed by atoms with Gasteiger partial charge in [-0.25, -0.2) is 14.4 Å². The van der Waals surface area contributed by atoms with Gasteiger partial charge in [-0.2, -0.15) is 13.2 Å². The van der Waals surface area contributed by atoms with Crippen LogP contribution in [0.1, 0.15) is 5.69 Å². The molecular formula is C19H13F4N5O. The number of alkyl halides is 3. The summed E-state index contributed by atoms with van der Waals surface area (Å²) in [6, 6.07) is 8.39. The van der Waals surface area contributed by atoms with Crippen LogP contribution in [0.5, 0.6) is 5.75 Å². The highest BCUT2D eigenvalue weighted by Crippen LogP contribution is 2.37. The fourth-order valence-electron chi connectivity index (χ4n) is 2.81. The Kier molecular flexibility index (Phi) is 4.53. The van der Waals surface area contributed by atoms with Gasteiger partial charge in [0.15, 0.2) is 5.69 Å². The lowest BCUT2D eigenvalue weighted by molar-refractivity contribution is -0.140. The first-order chi connectivity index (χ1) is 13.8. The molecule has 0 atom stereocenters. The maximum atomic E-state index is 13.6. The molecule has 3 heterocycles. The summed E-state index contributed by atoms with van der Waals surface area (Å²) in [6.45, 7) is 0. The van der Waals surface area contributed by atoms with Crippen LogP contribution in [0.4, 0.5) is 29.1 Å². The van der Waals surface area contributed by atoms with E-state index in [0.29, 0.717) is 11.4 Å². The van der Waals surface area contributed by atoms with E-state index in [2.05, 4.69) is 20.3 Å². The van der Waals surface area contributed by atoms with Gasteiger partial charge in [0, 0.05) is 5.69 Å². The highest BCUT2D eigenvalue weighted by Gasteiger charge is 2.39. The van der Waals surface area contributed by atoms with Crippen molar-refractivity contribution in [1.82, 2.24) is 19.4 Å². The molecule has 0 bridgehead atoms. The molecule has 0 aliphatic rings. The van der Waals surface area contributed by atoms with Crippen LogP contribution in [0.15, 0.2) is 55.0 Å². The van der Waals surface area contributed by atoms with Crippen molar-refractivity contribution in [3.63, 3.8) is 0 Å². The highest BCUT2D eigenvalue weighted by atomic mass is 19.4. The fraction of sp³-hybridized carbons (Fsp3) is 0.105. The molecule has 3 aromatic heterocycles. The number of rotatable bonds is 4. The summed E-state index contributed by atoms with van der Waals surface area (Å²) in [5.74, 6) is 0.142.